The molecule has 0 bridgehead atoms. The molecule has 1 atom stereocenters. The lowest BCUT2D eigenvalue weighted by molar-refractivity contribution is -0.121. The molecule has 3 N–H and O–H groups in total. The Morgan fingerprint density at radius 1 is 1.29 bits per heavy atom. The van der Waals surface area contributed by atoms with Crippen molar-refractivity contribution in [3.8, 4) is 0 Å². The van der Waals surface area contributed by atoms with E-state index in [9.17, 15) is 9.59 Å². The van der Waals surface area contributed by atoms with E-state index in [4.69, 9.17) is 0 Å². The Bertz CT molecular complexity index is 363. The molecule has 2 fully saturated rings. The zero-order chi connectivity index (χ0) is 15.2. The van der Waals surface area contributed by atoms with Gasteiger partial charge in [-0.15, -0.1) is 0 Å². The van der Waals surface area contributed by atoms with Crippen LogP contribution in [0, 0.1) is 5.92 Å². The summed E-state index contributed by atoms with van der Waals surface area (Å²) >= 11 is 0. The van der Waals surface area contributed by atoms with Crippen molar-refractivity contribution in [1.82, 2.24) is 20.9 Å². The average molecular weight is 296 g/mol. The van der Waals surface area contributed by atoms with E-state index in [0.29, 0.717) is 12.0 Å². The quantitative estimate of drug-likeness (QED) is 0.646. The maximum Gasteiger partial charge on any atom is 0.321 e. The van der Waals surface area contributed by atoms with Gasteiger partial charge in [0.05, 0.1) is 6.54 Å². The summed E-state index contributed by atoms with van der Waals surface area (Å²) in [6.07, 6.45) is 4.41. The lowest BCUT2D eigenvalue weighted by Gasteiger charge is -2.26. The lowest BCUT2D eigenvalue weighted by atomic mass is 10.1. The SMILES string of the molecule is CC(C)CN(CC(=O)NC(=O)NC1CC1)CC1CCCN1. The molecule has 1 saturated heterocycles. The largest absolute Gasteiger partial charge is 0.335 e. The van der Waals surface area contributed by atoms with Crippen LogP contribution in [0.15, 0.2) is 0 Å². The number of rotatable bonds is 7. The summed E-state index contributed by atoms with van der Waals surface area (Å²) in [4.78, 5) is 25.7. The number of carbonyl (C=O) groups excluding carboxylic acids is 2. The van der Waals surface area contributed by atoms with Crippen LogP contribution in [0.4, 0.5) is 4.79 Å². The van der Waals surface area contributed by atoms with Gasteiger partial charge in [-0.05, 0) is 38.1 Å². The third-order valence-corrected chi connectivity index (χ3v) is 3.80. The van der Waals surface area contributed by atoms with Crippen molar-refractivity contribution < 1.29 is 9.59 Å². The first kappa shape index (κ1) is 16.2. The summed E-state index contributed by atoms with van der Waals surface area (Å²) in [6, 6.07) is 0.384. The number of nitrogens with zero attached hydrogens (tertiary/aromatic N) is 1. The molecule has 21 heavy (non-hydrogen) atoms. The summed E-state index contributed by atoms with van der Waals surface area (Å²) in [5.74, 6) is 0.284. The Morgan fingerprint density at radius 3 is 2.62 bits per heavy atom. The second-order valence-electron chi connectivity index (χ2n) is 6.68. The van der Waals surface area contributed by atoms with Crippen LogP contribution in [0.2, 0.25) is 0 Å². The Labute approximate surface area is 127 Å². The van der Waals surface area contributed by atoms with E-state index in [1.54, 1.807) is 0 Å². The normalized spacial score (nSPS) is 21.8. The van der Waals surface area contributed by atoms with Crippen molar-refractivity contribution in [3.63, 3.8) is 0 Å². The average Bonchev–Trinajstić information content (AvgIpc) is 3.02. The molecule has 0 radical (unpaired) electrons. The van der Waals surface area contributed by atoms with Crippen LogP contribution in [0.25, 0.3) is 0 Å². The molecule has 1 aliphatic carbocycles. The maximum atomic E-state index is 12.0. The smallest absolute Gasteiger partial charge is 0.321 e. The molecule has 1 unspecified atom stereocenters. The van der Waals surface area contributed by atoms with Crippen molar-refractivity contribution in [3.05, 3.63) is 0 Å². The fraction of sp³-hybridized carbons (Fsp3) is 0.867. The standard InChI is InChI=1S/C15H28N4O2/c1-11(2)8-19(9-13-4-3-7-16-13)10-14(20)18-15(21)17-12-5-6-12/h11-13,16H,3-10H2,1-2H3,(H2,17,18,20,21). The van der Waals surface area contributed by atoms with Gasteiger partial charge in [-0.25, -0.2) is 4.79 Å². The summed E-state index contributed by atoms with van der Waals surface area (Å²) in [7, 11) is 0. The lowest BCUT2D eigenvalue weighted by Crippen LogP contribution is -2.48. The minimum atomic E-state index is -0.356. The molecule has 2 rings (SSSR count). The molecule has 1 heterocycles. The van der Waals surface area contributed by atoms with Gasteiger partial charge in [0.15, 0.2) is 0 Å². The third-order valence-electron chi connectivity index (χ3n) is 3.80. The van der Waals surface area contributed by atoms with Gasteiger partial charge in [-0.3, -0.25) is 15.0 Å². The topological polar surface area (TPSA) is 73.5 Å². The first-order valence-electron chi connectivity index (χ1n) is 8.09. The van der Waals surface area contributed by atoms with Gasteiger partial charge in [0.25, 0.3) is 0 Å². The van der Waals surface area contributed by atoms with Gasteiger partial charge in [-0.1, -0.05) is 13.8 Å². The van der Waals surface area contributed by atoms with Crippen molar-refractivity contribution >= 4 is 11.9 Å². The van der Waals surface area contributed by atoms with Crippen molar-refractivity contribution in [2.24, 2.45) is 5.92 Å². The Hall–Kier alpha value is -1.14. The van der Waals surface area contributed by atoms with E-state index in [1.807, 2.05) is 0 Å². The summed E-state index contributed by atoms with van der Waals surface area (Å²) in [6.45, 7) is 7.38. The Morgan fingerprint density at radius 2 is 2.05 bits per heavy atom. The van der Waals surface area contributed by atoms with Crippen LogP contribution in [0.1, 0.15) is 39.5 Å². The molecule has 1 aliphatic heterocycles. The molecule has 1 saturated carbocycles. The molecule has 0 spiro atoms. The number of amides is 3. The summed E-state index contributed by atoms with van der Waals surface area (Å²) < 4.78 is 0. The van der Waals surface area contributed by atoms with E-state index in [-0.39, 0.29) is 24.5 Å². The van der Waals surface area contributed by atoms with Crippen LogP contribution < -0.4 is 16.0 Å². The van der Waals surface area contributed by atoms with Gasteiger partial charge >= 0.3 is 6.03 Å². The molecule has 0 aromatic heterocycles. The number of hydrogen-bond acceptors (Lipinski definition) is 4. The predicted octanol–water partition coefficient (Wildman–Crippen LogP) is 0.685. The predicted molar refractivity (Wildman–Crippen MR) is 82.0 cm³/mol. The first-order valence-corrected chi connectivity index (χ1v) is 8.09. The van der Waals surface area contributed by atoms with Gasteiger partial charge in [-0.2, -0.15) is 0 Å². The van der Waals surface area contributed by atoms with E-state index in [2.05, 4.69) is 34.7 Å². The minimum Gasteiger partial charge on any atom is -0.335 e. The van der Waals surface area contributed by atoms with E-state index in [0.717, 1.165) is 32.5 Å². The number of carbonyl (C=O) groups is 2. The fourth-order valence-electron chi connectivity index (χ4n) is 2.76. The van der Waals surface area contributed by atoms with E-state index >= 15 is 0 Å². The van der Waals surface area contributed by atoms with Crippen LogP contribution in [-0.2, 0) is 4.79 Å². The number of imide groups is 1. The number of urea groups is 1. The third kappa shape index (κ3) is 6.44. The highest BCUT2D eigenvalue weighted by Gasteiger charge is 2.25. The first-order chi connectivity index (χ1) is 10.0. The monoisotopic (exact) mass is 296 g/mol. The van der Waals surface area contributed by atoms with E-state index < -0.39 is 0 Å². The second-order valence-corrected chi connectivity index (χ2v) is 6.68. The number of hydrogen-bond donors (Lipinski definition) is 3. The van der Waals surface area contributed by atoms with E-state index in [1.165, 1.54) is 12.8 Å². The van der Waals surface area contributed by atoms with Crippen LogP contribution in [0.3, 0.4) is 0 Å². The van der Waals surface area contributed by atoms with Crippen molar-refractivity contribution in [1.29, 1.82) is 0 Å². The summed E-state index contributed by atoms with van der Waals surface area (Å²) in [5.41, 5.74) is 0. The molecule has 6 nitrogen and oxygen atoms in total. The molecule has 3 amide bonds. The van der Waals surface area contributed by atoms with Gasteiger partial charge < -0.3 is 10.6 Å². The summed E-state index contributed by atoms with van der Waals surface area (Å²) in [5, 5.41) is 8.66. The Balaban J connectivity index is 1.75. The molecule has 0 aromatic rings. The van der Waals surface area contributed by atoms with Crippen molar-refractivity contribution in [2.45, 2.75) is 51.6 Å². The number of nitrogens with one attached hydrogen (secondary N) is 3. The highest BCUT2D eigenvalue weighted by Crippen LogP contribution is 2.18. The minimum absolute atomic E-state index is 0.216. The van der Waals surface area contributed by atoms with Gasteiger partial charge in [0, 0.05) is 25.2 Å². The molecule has 0 aromatic carbocycles. The van der Waals surface area contributed by atoms with Crippen LogP contribution in [0.5, 0.6) is 0 Å². The molecule has 120 valence electrons. The highest BCUT2D eigenvalue weighted by atomic mass is 16.2. The van der Waals surface area contributed by atoms with Crippen LogP contribution >= 0.6 is 0 Å². The van der Waals surface area contributed by atoms with Gasteiger partial charge in [0.1, 0.15) is 0 Å². The van der Waals surface area contributed by atoms with Crippen molar-refractivity contribution in [2.75, 3.05) is 26.2 Å². The zero-order valence-corrected chi connectivity index (χ0v) is 13.2. The highest BCUT2D eigenvalue weighted by molar-refractivity contribution is 5.95. The molecular weight excluding hydrogens is 268 g/mol. The molecule has 2 aliphatic rings. The van der Waals surface area contributed by atoms with Gasteiger partial charge in [0.2, 0.25) is 5.91 Å². The molecule has 6 heteroatoms. The second kappa shape index (κ2) is 7.75. The van der Waals surface area contributed by atoms with Crippen LogP contribution in [-0.4, -0.2) is 55.1 Å². The molecular formula is C15H28N4O2. The fourth-order valence-corrected chi connectivity index (χ4v) is 2.76. The Kier molecular flexibility index (Phi) is 5.99. The zero-order valence-electron chi connectivity index (χ0n) is 13.2. The maximum absolute atomic E-state index is 12.0.